The van der Waals surface area contributed by atoms with E-state index >= 15 is 0 Å². The number of rotatable bonds is 1. The maximum Gasteiger partial charge on any atom is 0.0343 e. The molecule has 0 amide bonds. The van der Waals surface area contributed by atoms with Crippen molar-refractivity contribution >= 4 is 6.21 Å². The number of hydrogen-bond donors (Lipinski definition) is 0. The molecule has 2 unspecified atom stereocenters. The number of nitrogens with zero attached hydrogens (tertiary/aromatic N) is 1. The first kappa shape index (κ1) is 14.8. The maximum atomic E-state index is 4.40. The second-order valence-electron chi connectivity index (χ2n) is 6.55. The van der Waals surface area contributed by atoms with Crippen LogP contribution in [0.25, 0.3) is 0 Å². The number of allylic oxidation sites excluding steroid dienone is 9. The van der Waals surface area contributed by atoms with Crippen molar-refractivity contribution in [1.29, 1.82) is 0 Å². The third-order valence-corrected chi connectivity index (χ3v) is 4.09. The van der Waals surface area contributed by atoms with Crippen LogP contribution in [-0.2, 0) is 0 Å². The minimum Gasteiger partial charge on any atom is -0.264 e. The molecular weight excluding hydrogens is 242 g/mol. The van der Waals surface area contributed by atoms with Gasteiger partial charge in [-0.1, -0.05) is 64.2 Å². The predicted octanol–water partition coefficient (Wildman–Crippen LogP) is 5.25. The minimum atomic E-state index is 0.0417. The highest BCUT2D eigenvalue weighted by Crippen LogP contribution is 2.31. The van der Waals surface area contributed by atoms with Crippen LogP contribution >= 0.6 is 0 Å². The SMILES string of the molecule is CC1=C/C=C\C(C)C(C)/C=C\1C1=CC(C)(C)C=CN=C1. The Morgan fingerprint density at radius 2 is 1.90 bits per heavy atom. The summed E-state index contributed by atoms with van der Waals surface area (Å²) in [6, 6.07) is 0. The average molecular weight is 267 g/mol. The van der Waals surface area contributed by atoms with Crippen molar-refractivity contribution in [1.82, 2.24) is 0 Å². The van der Waals surface area contributed by atoms with Gasteiger partial charge in [-0.3, -0.25) is 4.99 Å². The fraction of sp³-hybridized carbons (Fsp3) is 0.421. The van der Waals surface area contributed by atoms with Crippen molar-refractivity contribution in [2.24, 2.45) is 22.2 Å². The van der Waals surface area contributed by atoms with E-state index in [2.05, 4.69) is 76.1 Å². The van der Waals surface area contributed by atoms with Crippen molar-refractivity contribution in [2.75, 3.05) is 0 Å². The van der Waals surface area contributed by atoms with Gasteiger partial charge in [0, 0.05) is 17.8 Å². The van der Waals surface area contributed by atoms with Crippen LogP contribution in [0.15, 0.2) is 64.4 Å². The molecule has 2 aliphatic rings. The highest BCUT2D eigenvalue weighted by molar-refractivity contribution is 5.88. The minimum absolute atomic E-state index is 0.0417. The molecule has 0 aromatic rings. The largest absolute Gasteiger partial charge is 0.264 e. The van der Waals surface area contributed by atoms with Crippen LogP contribution in [0.1, 0.15) is 34.6 Å². The summed E-state index contributed by atoms with van der Waals surface area (Å²) < 4.78 is 0. The zero-order valence-corrected chi connectivity index (χ0v) is 13.2. The van der Waals surface area contributed by atoms with Gasteiger partial charge < -0.3 is 0 Å². The molecule has 2 rings (SSSR count). The van der Waals surface area contributed by atoms with Crippen LogP contribution in [0, 0.1) is 17.3 Å². The first-order chi connectivity index (χ1) is 9.39. The summed E-state index contributed by atoms with van der Waals surface area (Å²) >= 11 is 0. The molecule has 0 saturated carbocycles. The Hall–Kier alpha value is -1.63. The van der Waals surface area contributed by atoms with Gasteiger partial charge >= 0.3 is 0 Å². The Labute approximate surface area is 123 Å². The van der Waals surface area contributed by atoms with Crippen LogP contribution in [-0.4, -0.2) is 6.21 Å². The molecule has 0 fully saturated rings. The molecule has 0 N–H and O–H groups in total. The monoisotopic (exact) mass is 267 g/mol. The van der Waals surface area contributed by atoms with E-state index in [0.717, 1.165) is 0 Å². The van der Waals surface area contributed by atoms with Gasteiger partial charge in [0.1, 0.15) is 0 Å². The third-order valence-electron chi connectivity index (χ3n) is 4.09. The van der Waals surface area contributed by atoms with E-state index in [0.29, 0.717) is 11.8 Å². The van der Waals surface area contributed by atoms with Gasteiger partial charge in [-0.15, -0.1) is 0 Å². The Morgan fingerprint density at radius 3 is 2.65 bits per heavy atom. The van der Waals surface area contributed by atoms with Crippen molar-refractivity contribution in [3.8, 4) is 0 Å². The van der Waals surface area contributed by atoms with E-state index in [1.165, 1.54) is 16.7 Å². The molecule has 0 aromatic carbocycles. The zero-order chi connectivity index (χ0) is 14.8. The van der Waals surface area contributed by atoms with E-state index in [4.69, 9.17) is 0 Å². The fourth-order valence-corrected chi connectivity index (χ4v) is 2.50. The van der Waals surface area contributed by atoms with Crippen LogP contribution < -0.4 is 0 Å². The molecule has 106 valence electrons. The Balaban J connectivity index is 2.49. The van der Waals surface area contributed by atoms with Gasteiger partial charge in [0.15, 0.2) is 0 Å². The topological polar surface area (TPSA) is 12.4 Å². The van der Waals surface area contributed by atoms with E-state index in [-0.39, 0.29) is 5.41 Å². The molecule has 0 radical (unpaired) electrons. The fourth-order valence-electron chi connectivity index (χ4n) is 2.50. The Morgan fingerprint density at radius 1 is 1.15 bits per heavy atom. The van der Waals surface area contributed by atoms with Crippen molar-refractivity contribution in [3.05, 3.63) is 59.4 Å². The van der Waals surface area contributed by atoms with Gasteiger partial charge in [0.2, 0.25) is 0 Å². The third kappa shape index (κ3) is 3.47. The number of hydrogen-bond acceptors (Lipinski definition) is 1. The summed E-state index contributed by atoms with van der Waals surface area (Å²) in [5.74, 6) is 1.09. The first-order valence-corrected chi connectivity index (χ1v) is 7.40. The van der Waals surface area contributed by atoms with Crippen LogP contribution in [0.4, 0.5) is 0 Å². The molecule has 1 aliphatic carbocycles. The van der Waals surface area contributed by atoms with E-state index < -0.39 is 0 Å². The summed E-state index contributed by atoms with van der Waals surface area (Å²) in [6.07, 6.45) is 17.4. The summed E-state index contributed by atoms with van der Waals surface area (Å²) in [4.78, 5) is 4.40. The van der Waals surface area contributed by atoms with Crippen LogP contribution in [0.3, 0.4) is 0 Å². The summed E-state index contributed by atoms with van der Waals surface area (Å²) in [5.41, 5.74) is 3.88. The molecule has 1 nitrogen and oxygen atoms in total. The standard InChI is InChI=1S/C19H25N/c1-14-7-6-8-15(2)18(11-16(14)3)17-12-19(4,5)9-10-20-13-17/h6-14,16H,1-5H3/b7-6-,15-8-,18-11+. The predicted molar refractivity (Wildman–Crippen MR) is 88.8 cm³/mol. The van der Waals surface area contributed by atoms with Gasteiger partial charge in [-0.2, -0.15) is 0 Å². The molecule has 1 heteroatoms. The maximum absolute atomic E-state index is 4.40. The van der Waals surface area contributed by atoms with Crippen LogP contribution in [0.2, 0.25) is 0 Å². The van der Waals surface area contributed by atoms with Gasteiger partial charge in [-0.25, -0.2) is 0 Å². The quantitative estimate of drug-likeness (QED) is 0.615. The van der Waals surface area contributed by atoms with Crippen molar-refractivity contribution < 1.29 is 0 Å². The average Bonchev–Trinajstić information content (AvgIpc) is 2.54. The van der Waals surface area contributed by atoms with E-state index in [9.17, 15) is 0 Å². The zero-order valence-electron chi connectivity index (χ0n) is 13.2. The summed E-state index contributed by atoms with van der Waals surface area (Å²) in [6.45, 7) is 11.2. The summed E-state index contributed by atoms with van der Waals surface area (Å²) in [7, 11) is 0. The van der Waals surface area contributed by atoms with Gasteiger partial charge in [0.05, 0.1) is 0 Å². The molecular formula is C19H25N. The molecule has 20 heavy (non-hydrogen) atoms. The molecule has 1 heterocycles. The Bertz CT molecular complexity index is 550. The second-order valence-corrected chi connectivity index (χ2v) is 6.55. The highest BCUT2D eigenvalue weighted by atomic mass is 14.7. The normalized spacial score (nSPS) is 35.8. The lowest BCUT2D eigenvalue weighted by atomic mass is 9.84. The Kier molecular flexibility index (Phi) is 4.27. The van der Waals surface area contributed by atoms with E-state index in [1.807, 2.05) is 12.4 Å². The molecule has 0 aromatic heterocycles. The lowest BCUT2D eigenvalue weighted by Crippen LogP contribution is -2.09. The highest BCUT2D eigenvalue weighted by Gasteiger charge is 2.18. The van der Waals surface area contributed by atoms with Crippen molar-refractivity contribution in [3.63, 3.8) is 0 Å². The van der Waals surface area contributed by atoms with E-state index in [1.54, 1.807) is 0 Å². The first-order valence-electron chi connectivity index (χ1n) is 7.40. The lowest BCUT2D eigenvalue weighted by Gasteiger charge is -2.21. The second kappa shape index (κ2) is 5.78. The molecule has 0 saturated heterocycles. The van der Waals surface area contributed by atoms with Gasteiger partial charge in [-0.05, 0) is 35.5 Å². The van der Waals surface area contributed by atoms with Crippen molar-refractivity contribution in [2.45, 2.75) is 34.6 Å². The number of aliphatic imine (C=N–C) groups is 1. The molecule has 0 bridgehead atoms. The lowest BCUT2D eigenvalue weighted by molar-refractivity contribution is 0.555. The van der Waals surface area contributed by atoms with Crippen LogP contribution in [0.5, 0.6) is 0 Å². The summed E-state index contributed by atoms with van der Waals surface area (Å²) in [5, 5.41) is 0. The molecule has 1 aliphatic heterocycles. The molecule has 2 atom stereocenters. The smallest absolute Gasteiger partial charge is 0.0343 e. The molecule has 0 spiro atoms. The van der Waals surface area contributed by atoms with Gasteiger partial charge in [0.25, 0.3) is 0 Å².